The van der Waals surface area contributed by atoms with Crippen LogP contribution in [-0.4, -0.2) is 6.04 Å². The second-order valence-electron chi connectivity index (χ2n) is 4.28. The highest BCUT2D eigenvalue weighted by molar-refractivity contribution is 9.10. The topological polar surface area (TPSA) is 12.0 Å². The molecule has 1 aromatic rings. The van der Waals surface area contributed by atoms with Crippen LogP contribution in [0, 0.1) is 11.7 Å². The van der Waals surface area contributed by atoms with Crippen LogP contribution < -0.4 is 5.32 Å². The molecular formula is C12H15BrFN. The molecule has 0 saturated heterocycles. The van der Waals surface area contributed by atoms with Crippen molar-refractivity contribution in [2.75, 3.05) is 5.32 Å². The van der Waals surface area contributed by atoms with Gasteiger partial charge >= 0.3 is 0 Å². The second-order valence-corrected chi connectivity index (χ2v) is 5.14. The number of rotatable bonds is 2. The van der Waals surface area contributed by atoms with E-state index in [1.807, 2.05) is 0 Å². The van der Waals surface area contributed by atoms with Gasteiger partial charge in [-0.05, 0) is 52.9 Å². The summed E-state index contributed by atoms with van der Waals surface area (Å²) in [4.78, 5) is 0. The summed E-state index contributed by atoms with van der Waals surface area (Å²) < 4.78 is 13.7. The number of hydrogen-bond acceptors (Lipinski definition) is 1. The molecule has 1 aliphatic carbocycles. The predicted molar refractivity (Wildman–Crippen MR) is 64.5 cm³/mol. The standard InChI is InChI=1S/C12H15BrFN/c1-8-3-2-4-11(8)15-12-6-5-9(14)7-10(12)13/h5-8,11,15H,2-4H2,1H3. The second kappa shape index (κ2) is 4.52. The molecule has 15 heavy (non-hydrogen) atoms. The first-order valence-electron chi connectivity index (χ1n) is 5.38. The highest BCUT2D eigenvalue weighted by Crippen LogP contribution is 2.31. The van der Waals surface area contributed by atoms with Gasteiger partial charge in [-0.15, -0.1) is 0 Å². The summed E-state index contributed by atoms with van der Waals surface area (Å²) in [5.41, 5.74) is 0.996. The molecule has 82 valence electrons. The number of nitrogens with one attached hydrogen (secondary N) is 1. The zero-order chi connectivity index (χ0) is 10.8. The van der Waals surface area contributed by atoms with Gasteiger partial charge in [-0.3, -0.25) is 0 Å². The molecule has 1 aliphatic rings. The normalized spacial score (nSPS) is 25.5. The van der Waals surface area contributed by atoms with Gasteiger partial charge in [0, 0.05) is 16.2 Å². The zero-order valence-electron chi connectivity index (χ0n) is 8.76. The Bertz CT molecular complexity index is 353. The molecule has 1 aromatic carbocycles. The lowest BCUT2D eigenvalue weighted by Gasteiger charge is -2.19. The predicted octanol–water partition coefficient (Wildman–Crippen LogP) is 4.19. The van der Waals surface area contributed by atoms with Crippen LogP contribution in [0.4, 0.5) is 10.1 Å². The zero-order valence-corrected chi connectivity index (χ0v) is 10.3. The maximum atomic E-state index is 12.9. The van der Waals surface area contributed by atoms with E-state index in [4.69, 9.17) is 0 Å². The molecule has 0 bridgehead atoms. The van der Waals surface area contributed by atoms with Gasteiger partial charge in [-0.25, -0.2) is 4.39 Å². The fourth-order valence-electron chi connectivity index (χ4n) is 2.17. The van der Waals surface area contributed by atoms with Crippen molar-refractivity contribution in [3.05, 3.63) is 28.5 Å². The molecule has 0 aromatic heterocycles. The highest BCUT2D eigenvalue weighted by atomic mass is 79.9. The SMILES string of the molecule is CC1CCCC1Nc1ccc(F)cc1Br. The Morgan fingerprint density at radius 2 is 2.20 bits per heavy atom. The lowest BCUT2D eigenvalue weighted by Crippen LogP contribution is -2.21. The molecule has 0 aliphatic heterocycles. The monoisotopic (exact) mass is 271 g/mol. The van der Waals surface area contributed by atoms with Crippen LogP contribution in [0.2, 0.25) is 0 Å². The van der Waals surface area contributed by atoms with E-state index in [0.29, 0.717) is 12.0 Å². The highest BCUT2D eigenvalue weighted by Gasteiger charge is 2.23. The van der Waals surface area contributed by atoms with Gasteiger partial charge < -0.3 is 5.32 Å². The van der Waals surface area contributed by atoms with E-state index in [1.54, 1.807) is 6.07 Å². The van der Waals surface area contributed by atoms with E-state index in [9.17, 15) is 4.39 Å². The third-order valence-electron chi connectivity index (χ3n) is 3.13. The van der Waals surface area contributed by atoms with E-state index in [0.717, 1.165) is 10.2 Å². The Kier molecular flexibility index (Phi) is 3.29. The van der Waals surface area contributed by atoms with Gasteiger partial charge in [-0.1, -0.05) is 13.3 Å². The molecule has 1 saturated carbocycles. The van der Waals surface area contributed by atoms with Gasteiger partial charge in [0.15, 0.2) is 0 Å². The van der Waals surface area contributed by atoms with Crippen molar-refractivity contribution in [1.82, 2.24) is 0 Å². The van der Waals surface area contributed by atoms with Crippen molar-refractivity contribution in [3.8, 4) is 0 Å². The Balaban J connectivity index is 2.10. The first kappa shape index (κ1) is 10.9. The van der Waals surface area contributed by atoms with Gasteiger partial charge in [0.25, 0.3) is 0 Å². The molecule has 1 nitrogen and oxygen atoms in total. The Morgan fingerprint density at radius 3 is 2.80 bits per heavy atom. The summed E-state index contributed by atoms with van der Waals surface area (Å²) in [5.74, 6) is 0.508. The molecule has 3 heteroatoms. The summed E-state index contributed by atoms with van der Waals surface area (Å²) >= 11 is 3.37. The number of benzene rings is 1. The largest absolute Gasteiger partial charge is 0.381 e. The van der Waals surface area contributed by atoms with Gasteiger partial charge in [0.1, 0.15) is 5.82 Å². The average Bonchev–Trinajstić information content (AvgIpc) is 2.57. The van der Waals surface area contributed by atoms with Crippen molar-refractivity contribution in [2.24, 2.45) is 5.92 Å². The van der Waals surface area contributed by atoms with Crippen molar-refractivity contribution in [3.63, 3.8) is 0 Å². The number of anilines is 1. The molecule has 2 rings (SSSR count). The van der Waals surface area contributed by atoms with E-state index in [2.05, 4.69) is 28.2 Å². The van der Waals surface area contributed by atoms with Crippen LogP contribution >= 0.6 is 15.9 Å². The Morgan fingerprint density at radius 1 is 1.40 bits per heavy atom. The molecule has 0 amide bonds. The lowest BCUT2D eigenvalue weighted by molar-refractivity contribution is 0.556. The molecule has 0 spiro atoms. The maximum Gasteiger partial charge on any atom is 0.124 e. The van der Waals surface area contributed by atoms with Crippen LogP contribution in [0.1, 0.15) is 26.2 Å². The Hall–Kier alpha value is -0.570. The molecule has 1 N–H and O–H groups in total. The smallest absolute Gasteiger partial charge is 0.124 e. The van der Waals surface area contributed by atoms with E-state index in [-0.39, 0.29) is 5.82 Å². The van der Waals surface area contributed by atoms with Crippen LogP contribution in [0.3, 0.4) is 0 Å². The Labute approximate surface area is 98.2 Å². The van der Waals surface area contributed by atoms with Crippen molar-refractivity contribution < 1.29 is 4.39 Å². The lowest BCUT2D eigenvalue weighted by atomic mass is 10.1. The van der Waals surface area contributed by atoms with E-state index >= 15 is 0 Å². The van der Waals surface area contributed by atoms with E-state index < -0.39 is 0 Å². The molecule has 2 unspecified atom stereocenters. The summed E-state index contributed by atoms with van der Waals surface area (Å²) in [6.45, 7) is 2.27. The molecule has 0 radical (unpaired) electrons. The van der Waals surface area contributed by atoms with Gasteiger partial charge in [0.05, 0.1) is 0 Å². The fraction of sp³-hybridized carbons (Fsp3) is 0.500. The van der Waals surface area contributed by atoms with Crippen LogP contribution in [-0.2, 0) is 0 Å². The third-order valence-corrected chi connectivity index (χ3v) is 3.79. The average molecular weight is 272 g/mol. The minimum Gasteiger partial charge on any atom is -0.381 e. The number of hydrogen-bond donors (Lipinski definition) is 1. The van der Waals surface area contributed by atoms with Crippen molar-refractivity contribution in [2.45, 2.75) is 32.2 Å². The summed E-state index contributed by atoms with van der Waals surface area (Å²) in [7, 11) is 0. The minimum absolute atomic E-state index is 0.202. The molecule has 0 heterocycles. The van der Waals surface area contributed by atoms with Crippen molar-refractivity contribution in [1.29, 1.82) is 0 Å². The van der Waals surface area contributed by atoms with Gasteiger partial charge in [0.2, 0.25) is 0 Å². The molecular weight excluding hydrogens is 257 g/mol. The molecule has 1 fully saturated rings. The fourth-order valence-corrected chi connectivity index (χ4v) is 2.63. The van der Waals surface area contributed by atoms with Crippen LogP contribution in [0.5, 0.6) is 0 Å². The van der Waals surface area contributed by atoms with Crippen LogP contribution in [0.25, 0.3) is 0 Å². The van der Waals surface area contributed by atoms with Crippen molar-refractivity contribution >= 4 is 21.6 Å². The number of halogens is 2. The first-order valence-corrected chi connectivity index (χ1v) is 6.17. The quantitative estimate of drug-likeness (QED) is 0.851. The summed E-state index contributed by atoms with van der Waals surface area (Å²) in [6, 6.07) is 5.32. The minimum atomic E-state index is -0.202. The third kappa shape index (κ3) is 2.51. The summed E-state index contributed by atoms with van der Waals surface area (Å²) in [5, 5.41) is 3.47. The van der Waals surface area contributed by atoms with Crippen LogP contribution in [0.15, 0.2) is 22.7 Å². The first-order chi connectivity index (χ1) is 7.16. The van der Waals surface area contributed by atoms with E-state index in [1.165, 1.54) is 31.4 Å². The maximum absolute atomic E-state index is 12.9. The molecule has 2 atom stereocenters. The summed E-state index contributed by atoms with van der Waals surface area (Å²) in [6.07, 6.45) is 3.79. The van der Waals surface area contributed by atoms with Gasteiger partial charge in [-0.2, -0.15) is 0 Å².